The molecule has 0 radical (unpaired) electrons. The van der Waals surface area contributed by atoms with Gasteiger partial charge >= 0.3 is 0 Å². The molecule has 0 spiro atoms. The van der Waals surface area contributed by atoms with Gasteiger partial charge in [0.05, 0.1) is 12.6 Å². The fraction of sp³-hybridized carbons (Fsp3) is 0.0500. The summed E-state index contributed by atoms with van der Waals surface area (Å²) in [5.74, 6) is -1.71. The topological polar surface area (TPSA) is 108 Å². The van der Waals surface area contributed by atoms with Crippen LogP contribution in [0.2, 0.25) is 0 Å². The monoisotopic (exact) mass is 407 g/mol. The quantitative estimate of drug-likeness (QED) is 0.608. The van der Waals surface area contributed by atoms with Crippen LogP contribution in [0.15, 0.2) is 55.4 Å². The fourth-order valence-electron chi connectivity index (χ4n) is 2.45. The van der Waals surface area contributed by atoms with Gasteiger partial charge in [-0.05, 0) is 23.3 Å². The molecule has 0 aliphatic rings. The predicted octanol–water partition coefficient (Wildman–Crippen LogP) is 3.52. The van der Waals surface area contributed by atoms with Crippen molar-refractivity contribution in [1.29, 1.82) is 5.26 Å². The van der Waals surface area contributed by atoms with Crippen molar-refractivity contribution in [3.8, 4) is 17.2 Å². The van der Waals surface area contributed by atoms with Crippen molar-refractivity contribution >= 4 is 34.1 Å². The van der Waals surface area contributed by atoms with Crippen LogP contribution < -0.4 is 10.6 Å². The zero-order valence-corrected chi connectivity index (χ0v) is 15.8. The van der Waals surface area contributed by atoms with Gasteiger partial charge < -0.3 is 10.6 Å². The summed E-state index contributed by atoms with van der Waals surface area (Å²) in [5.41, 5.74) is 1.88. The van der Waals surface area contributed by atoms with Crippen LogP contribution in [-0.4, -0.2) is 21.8 Å². The highest BCUT2D eigenvalue weighted by atomic mass is 32.1. The summed E-state index contributed by atoms with van der Waals surface area (Å²) in [6, 6.07) is 10.2. The van der Waals surface area contributed by atoms with Crippen LogP contribution in [0.1, 0.15) is 10.4 Å². The average Bonchev–Trinajstić information content (AvgIpc) is 3.17. The van der Waals surface area contributed by atoms with E-state index in [-0.39, 0.29) is 18.1 Å². The zero-order valence-electron chi connectivity index (χ0n) is 15.0. The van der Waals surface area contributed by atoms with Crippen LogP contribution in [0.5, 0.6) is 0 Å². The minimum Gasteiger partial charge on any atom is -0.305 e. The molecule has 2 amide bonds. The lowest BCUT2D eigenvalue weighted by molar-refractivity contribution is -0.115. The summed E-state index contributed by atoms with van der Waals surface area (Å²) in [6.07, 6.45) is 3.93. The van der Waals surface area contributed by atoms with E-state index in [1.54, 1.807) is 24.3 Å². The second-order valence-corrected chi connectivity index (χ2v) is 6.85. The lowest BCUT2D eigenvalue weighted by Gasteiger charge is -2.08. The first-order valence-electron chi connectivity index (χ1n) is 8.32. The van der Waals surface area contributed by atoms with Gasteiger partial charge in [-0.3, -0.25) is 9.59 Å². The van der Waals surface area contributed by atoms with Gasteiger partial charge in [0.15, 0.2) is 16.8 Å². The van der Waals surface area contributed by atoms with Crippen molar-refractivity contribution in [3.05, 3.63) is 71.6 Å². The molecule has 9 heteroatoms. The molecular weight excluding hydrogens is 393 g/mol. The SMILES string of the molecule is C=CC(=O)Nc1ncc(-c2cccc(CC(=O)Nc3ncc(C#N)s3)c2)cc1F. The van der Waals surface area contributed by atoms with Gasteiger partial charge in [0, 0.05) is 11.8 Å². The largest absolute Gasteiger partial charge is 0.305 e. The van der Waals surface area contributed by atoms with E-state index in [1.165, 1.54) is 18.5 Å². The van der Waals surface area contributed by atoms with E-state index in [9.17, 15) is 14.0 Å². The molecule has 0 saturated heterocycles. The van der Waals surface area contributed by atoms with Gasteiger partial charge in [-0.1, -0.05) is 42.2 Å². The van der Waals surface area contributed by atoms with Crippen molar-refractivity contribution in [2.24, 2.45) is 0 Å². The molecule has 0 aliphatic carbocycles. The van der Waals surface area contributed by atoms with Crippen LogP contribution in [0.25, 0.3) is 11.1 Å². The first kappa shape index (κ1) is 19.9. The normalized spacial score (nSPS) is 10.1. The van der Waals surface area contributed by atoms with Crippen molar-refractivity contribution in [2.45, 2.75) is 6.42 Å². The first-order chi connectivity index (χ1) is 14.0. The van der Waals surface area contributed by atoms with Crippen molar-refractivity contribution in [3.63, 3.8) is 0 Å². The van der Waals surface area contributed by atoms with E-state index >= 15 is 0 Å². The number of carbonyl (C=O) groups is 2. The van der Waals surface area contributed by atoms with E-state index < -0.39 is 11.7 Å². The first-order valence-corrected chi connectivity index (χ1v) is 9.14. The summed E-state index contributed by atoms with van der Waals surface area (Å²) < 4.78 is 14.2. The number of amides is 2. The van der Waals surface area contributed by atoms with E-state index in [1.807, 2.05) is 6.07 Å². The van der Waals surface area contributed by atoms with Gasteiger partial charge in [-0.25, -0.2) is 14.4 Å². The van der Waals surface area contributed by atoms with E-state index in [4.69, 9.17) is 5.26 Å². The van der Waals surface area contributed by atoms with Gasteiger partial charge in [-0.2, -0.15) is 5.26 Å². The van der Waals surface area contributed by atoms with Crippen LogP contribution in [-0.2, 0) is 16.0 Å². The number of nitrogens with zero attached hydrogens (tertiary/aromatic N) is 3. The Morgan fingerprint density at radius 2 is 2.03 bits per heavy atom. The summed E-state index contributed by atoms with van der Waals surface area (Å²) >= 11 is 1.09. The van der Waals surface area contributed by atoms with Crippen LogP contribution >= 0.6 is 11.3 Å². The average molecular weight is 407 g/mol. The minimum absolute atomic E-state index is 0.0820. The lowest BCUT2D eigenvalue weighted by Crippen LogP contribution is -2.14. The number of benzene rings is 1. The lowest BCUT2D eigenvalue weighted by atomic mass is 10.0. The third-order valence-electron chi connectivity index (χ3n) is 3.76. The number of pyridine rings is 1. The number of anilines is 2. The molecule has 29 heavy (non-hydrogen) atoms. The van der Waals surface area contributed by atoms with Crippen LogP contribution in [0.4, 0.5) is 15.3 Å². The second-order valence-electron chi connectivity index (χ2n) is 5.81. The van der Waals surface area contributed by atoms with Crippen molar-refractivity contribution < 1.29 is 14.0 Å². The Morgan fingerprint density at radius 1 is 1.21 bits per heavy atom. The molecular formula is C20H14FN5O2S. The minimum atomic E-state index is -0.682. The number of carbonyl (C=O) groups excluding carboxylic acids is 2. The standard InChI is InChI=1S/C20H14FN5O2S/c1-2-17(27)25-19-16(21)8-14(10-23-19)13-5-3-4-12(6-13)7-18(28)26-20-24-11-15(9-22)29-20/h2-6,8,10-11H,1,7H2,(H,23,25,27)(H,24,26,28). The Kier molecular flexibility index (Phi) is 6.06. The smallest absolute Gasteiger partial charge is 0.248 e. The molecule has 0 unspecified atom stereocenters. The van der Waals surface area contributed by atoms with Gasteiger partial charge in [0.25, 0.3) is 0 Å². The Bertz CT molecular complexity index is 1140. The van der Waals surface area contributed by atoms with Crippen LogP contribution in [0.3, 0.4) is 0 Å². The molecule has 7 nitrogen and oxygen atoms in total. The Morgan fingerprint density at radius 3 is 2.72 bits per heavy atom. The predicted molar refractivity (Wildman–Crippen MR) is 108 cm³/mol. The Balaban J connectivity index is 1.72. The zero-order chi connectivity index (χ0) is 20.8. The number of aromatic nitrogens is 2. The summed E-state index contributed by atoms with van der Waals surface area (Å²) in [7, 11) is 0. The molecule has 3 rings (SSSR count). The molecule has 0 atom stereocenters. The third kappa shape index (κ3) is 5.09. The van der Waals surface area contributed by atoms with E-state index in [0.29, 0.717) is 26.7 Å². The molecule has 0 bridgehead atoms. The summed E-state index contributed by atoms with van der Waals surface area (Å²) in [4.78, 5) is 31.8. The number of halogens is 1. The number of nitrogens with one attached hydrogen (secondary N) is 2. The number of thiazole rings is 1. The molecule has 2 N–H and O–H groups in total. The highest BCUT2D eigenvalue weighted by Gasteiger charge is 2.11. The van der Waals surface area contributed by atoms with Gasteiger partial charge in [0.1, 0.15) is 10.9 Å². The Labute approximate surface area is 169 Å². The van der Waals surface area contributed by atoms with E-state index in [2.05, 4.69) is 27.2 Å². The second kappa shape index (κ2) is 8.86. The Hall–Kier alpha value is -3.90. The maximum atomic E-state index is 14.2. The number of rotatable bonds is 6. The molecule has 3 aromatic rings. The fourth-order valence-corrected chi connectivity index (χ4v) is 3.08. The molecule has 2 aromatic heterocycles. The number of nitriles is 1. The van der Waals surface area contributed by atoms with Gasteiger partial charge in [0.2, 0.25) is 11.8 Å². The number of hydrogen-bond acceptors (Lipinski definition) is 6. The third-order valence-corrected chi connectivity index (χ3v) is 4.57. The van der Waals surface area contributed by atoms with Gasteiger partial charge in [-0.15, -0.1) is 0 Å². The van der Waals surface area contributed by atoms with Crippen molar-refractivity contribution in [1.82, 2.24) is 9.97 Å². The molecule has 0 aliphatic heterocycles. The maximum absolute atomic E-state index is 14.2. The molecule has 0 fully saturated rings. The molecule has 0 saturated carbocycles. The molecule has 2 heterocycles. The van der Waals surface area contributed by atoms with Crippen LogP contribution in [0, 0.1) is 17.1 Å². The highest BCUT2D eigenvalue weighted by molar-refractivity contribution is 7.16. The maximum Gasteiger partial charge on any atom is 0.248 e. The number of hydrogen-bond donors (Lipinski definition) is 2. The van der Waals surface area contributed by atoms with E-state index in [0.717, 1.165) is 17.4 Å². The summed E-state index contributed by atoms with van der Waals surface area (Å²) in [5, 5.41) is 14.1. The molecule has 1 aromatic carbocycles. The van der Waals surface area contributed by atoms with Crippen molar-refractivity contribution in [2.75, 3.05) is 10.6 Å². The molecule has 144 valence electrons. The highest BCUT2D eigenvalue weighted by Crippen LogP contribution is 2.24. The summed E-state index contributed by atoms with van der Waals surface area (Å²) in [6.45, 7) is 3.30.